The average molecular weight is 219 g/mol. The van der Waals surface area contributed by atoms with Crippen LogP contribution in [0.1, 0.15) is 56.1 Å². The molecule has 0 amide bonds. The predicted molar refractivity (Wildman–Crippen MR) is 71.7 cm³/mol. The predicted octanol–water partition coefficient (Wildman–Crippen LogP) is 4.01. The van der Waals surface area contributed by atoms with Crippen LogP contribution in [0.3, 0.4) is 0 Å². The van der Waals surface area contributed by atoms with Gasteiger partial charge in [-0.2, -0.15) is 0 Å². The van der Waals surface area contributed by atoms with Gasteiger partial charge in [0.2, 0.25) is 0 Å². The second-order valence-corrected chi connectivity index (χ2v) is 4.70. The van der Waals surface area contributed by atoms with Crippen molar-refractivity contribution in [2.24, 2.45) is 5.73 Å². The highest BCUT2D eigenvalue weighted by atomic mass is 14.5. The quantitative estimate of drug-likeness (QED) is 0.689. The Labute approximate surface area is 100 Å². The molecule has 0 spiro atoms. The summed E-state index contributed by atoms with van der Waals surface area (Å²) in [6.07, 6.45) is 6.55. The molecular formula is C15H25N. The van der Waals surface area contributed by atoms with Crippen molar-refractivity contribution in [3.8, 4) is 0 Å². The first-order valence-electron chi connectivity index (χ1n) is 6.54. The van der Waals surface area contributed by atoms with Gasteiger partial charge in [-0.05, 0) is 31.4 Å². The Morgan fingerprint density at radius 1 is 1.19 bits per heavy atom. The number of rotatable bonds is 7. The van der Waals surface area contributed by atoms with Crippen LogP contribution in [-0.2, 0) is 0 Å². The van der Waals surface area contributed by atoms with E-state index in [2.05, 4.69) is 38.1 Å². The summed E-state index contributed by atoms with van der Waals surface area (Å²) < 4.78 is 0. The molecule has 2 N–H and O–H groups in total. The summed E-state index contributed by atoms with van der Waals surface area (Å²) in [5.41, 5.74) is 8.62. The summed E-state index contributed by atoms with van der Waals surface area (Å²) in [6, 6.07) is 8.77. The fourth-order valence-electron chi connectivity index (χ4n) is 2.16. The number of aryl methyl sites for hydroxylation is 1. The lowest BCUT2D eigenvalue weighted by atomic mass is 9.92. The highest BCUT2D eigenvalue weighted by Crippen LogP contribution is 2.22. The normalized spacial score (nSPS) is 12.7. The van der Waals surface area contributed by atoms with E-state index in [1.165, 1.54) is 43.2 Å². The van der Waals surface area contributed by atoms with E-state index in [9.17, 15) is 0 Å². The molecule has 1 unspecified atom stereocenters. The molecule has 16 heavy (non-hydrogen) atoms. The van der Waals surface area contributed by atoms with Crippen LogP contribution >= 0.6 is 0 Å². The molecule has 90 valence electrons. The first-order chi connectivity index (χ1) is 7.77. The van der Waals surface area contributed by atoms with Gasteiger partial charge in [0.15, 0.2) is 0 Å². The van der Waals surface area contributed by atoms with Crippen molar-refractivity contribution < 1.29 is 0 Å². The zero-order valence-electron chi connectivity index (χ0n) is 10.7. The van der Waals surface area contributed by atoms with Crippen LogP contribution in [0.15, 0.2) is 24.3 Å². The summed E-state index contributed by atoms with van der Waals surface area (Å²) in [5.74, 6) is 0.553. The Bertz CT molecular complexity index is 293. The highest BCUT2D eigenvalue weighted by Gasteiger charge is 2.08. The Morgan fingerprint density at radius 3 is 2.62 bits per heavy atom. The molecule has 0 heterocycles. The van der Waals surface area contributed by atoms with Crippen LogP contribution in [0.5, 0.6) is 0 Å². The van der Waals surface area contributed by atoms with Crippen molar-refractivity contribution >= 4 is 0 Å². The van der Waals surface area contributed by atoms with E-state index in [-0.39, 0.29) is 0 Å². The minimum atomic E-state index is 0.553. The zero-order valence-corrected chi connectivity index (χ0v) is 10.7. The molecular weight excluding hydrogens is 194 g/mol. The Hall–Kier alpha value is -0.820. The molecule has 0 aliphatic carbocycles. The lowest BCUT2D eigenvalue weighted by molar-refractivity contribution is 0.559. The molecule has 1 atom stereocenters. The lowest BCUT2D eigenvalue weighted by Crippen LogP contribution is -2.12. The smallest absolute Gasteiger partial charge is 0.000824 e. The van der Waals surface area contributed by atoms with Gasteiger partial charge in [0.1, 0.15) is 0 Å². The third-order valence-corrected chi connectivity index (χ3v) is 3.20. The molecule has 1 aromatic rings. The molecule has 1 aromatic carbocycles. The van der Waals surface area contributed by atoms with E-state index in [1.807, 2.05) is 0 Å². The van der Waals surface area contributed by atoms with E-state index in [1.54, 1.807) is 0 Å². The van der Waals surface area contributed by atoms with Crippen molar-refractivity contribution in [2.45, 2.75) is 51.9 Å². The molecule has 0 bridgehead atoms. The Morgan fingerprint density at radius 2 is 2.00 bits per heavy atom. The van der Waals surface area contributed by atoms with E-state index >= 15 is 0 Å². The van der Waals surface area contributed by atoms with Crippen LogP contribution in [0.4, 0.5) is 0 Å². The lowest BCUT2D eigenvalue weighted by Gasteiger charge is -2.15. The Balaban J connectivity index is 2.47. The second kappa shape index (κ2) is 7.45. The molecule has 0 aliphatic heterocycles. The van der Waals surface area contributed by atoms with E-state index in [0.717, 1.165) is 6.54 Å². The van der Waals surface area contributed by atoms with Crippen LogP contribution in [0.2, 0.25) is 0 Å². The maximum Gasteiger partial charge on any atom is -0.000824 e. The molecule has 0 aromatic heterocycles. The van der Waals surface area contributed by atoms with Crippen LogP contribution in [0.25, 0.3) is 0 Å². The molecule has 1 heteroatoms. The maximum absolute atomic E-state index is 5.87. The largest absolute Gasteiger partial charge is 0.330 e. The number of benzene rings is 1. The van der Waals surface area contributed by atoms with Gasteiger partial charge in [-0.3, -0.25) is 0 Å². The minimum absolute atomic E-state index is 0.553. The van der Waals surface area contributed by atoms with Crippen LogP contribution in [0, 0.1) is 6.92 Å². The fourth-order valence-corrected chi connectivity index (χ4v) is 2.16. The number of hydrogen-bond acceptors (Lipinski definition) is 1. The van der Waals surface area contributed by atoms with Crippen LogP contribution < -0.4 is 5.73 Å². The van der Waals surface area contributed by atoms with Crippen molar-refractivity contribution in [3.05, 3.63) is 35.4 Å². The van der Waals surface area contributed by atoms with Gasteiger partial charge in [-0.15, -0.1) is 0 Å². The van der Waals surface area contributed by atoms with Gasteiger partial charge in [0.05, 0.1) is 0 Å². The summed E-state index contributed by atoms with van der Waals surface area (Å²) in [5, 5.41) is 0. The molecule has 0 saturated carbocycles. The van der Waals surface area contributed by atoms with Crippen molar-refractivity contribution in [1.29, 1.82) is 0 Å². The average Bonchev–Trinajstić information content (AvgIpc) is 2.29. The number of nitrogens with two attached hydrogens (primary N) is 1. The third kappa shape index (κ3) is 4.36. The van der Waals surface area contributed by atoms with Gasteiger partial charge < -0.3 is 5.73 Å². The standard InChI is InChI=1S/C15H25N/c1-3-4-5-6-9-15(12-16)14-10-7-8-13(2)11-14/h7-8,10-11,15H,3-6,9,12,16H2,1-2H3. The highest BCUT2D eigenvalue weighted by molar-refractivity contribution is 5.25. The minimum Gasteiger partial charge on any atom is -0.330 e. The van der Waals surface area contributed by atoms with Crippen molar-refractivity contribution in [3.63, 3.8) is 0 Å². The molecule has 0 radical (unpaired) electrons. The third-order valence-electron chi connectivity index (χ3n) is 3.20. The number of unbranched alkanes of at least 4 members (excludes halogenated alkanes) is 3. The number of hydrogen-bond donors (Lipinski definition) is 1. The summed E-state index contributed by atoms with van der Waals surface area (Å²) >= 11 is 0. The molecule has 0 aliphatic rings. The summed E-state index contributed by atoms with van der Waals surface area (Å²) in [7, 11) is 0. The molecule has 1 nitrogen and oxygen atoms in total. The molecule has 0 saturated heterocycles. The Kier molecular flexibility index (Phi) is 6.17. The monoisotopic (exact) mass is 219 g/mol. The fraction of sp³-hybridized carbons (Fsp3) is 0.600. The van der Waals surface area contributed by atoms with Crippen molar-refractivity contribution in [1.82, 2.24) is 0 Å². The first kappa shape index (κ1) is 13.2. The zero-order chi connectivity index (χ0) is 11.8. The summed E-state index contributed by atoms with van der Waals surface area (Å²) in [6.45, 7) is 5.17. The topological polar surface area (TPSA) is 26.0 Å². The van der Waals surface area contributed by atoms with E-state index in [4.69, 9.17) is 5.73 Å². The van der Waals surface area contributed by atoms with Gasteiger partial charge in [-0.1, -0.05) is 62.4 Å². The molecule has 0 fully saturated rings. The first-order valence-corrected chi connectivity index (χ1v) is 6.54. The summed E-state index contributed by atoms with van der Waals surface area (Å²) in [4.78, 5) is 0. The maximum atomic E-state index is 5.87. The van der Waals surface area contributed by atoms with Gasteiger partial charge in [0.25, 0.3) is 0 Å². The van der Waals surface area contributed by atoms with Gasteiger partial charge in [0, 0.05) is 0 Å². The molecule has 1 rings (SSSR count). The van der Waals surface area contributed by atoms with Gasteiger partial charge in [-0.25, -0.2) is 0 Å². The van der Waals surface area contributed by atoms with E-state index in [0.29, 0.717) is 5.92 Å². The SMILES string of the molecule is CCCCCCC(CN)c1cccc(C)c1. The van der Waals surface area contributed by atoms with Gasteiger partial charge >= 0.3 is 0 Å². The second-order valence-electron chi connectivity index (χ2n) is 4.70. The van der Waals surface area contributed by atoms with Crippen molar-refractivity contribution in [2.75, 3.05) is 6.54 Å². The van der Waals surface area contributed by atoms with E-state index < -0.39 is 0 Å². The van der Waals surface area contributed by atoms with Crippen LogP contribution in [-0.4, -0.2) is 6.54 Å².